The van der Waals surface area contributed by atoms with Crippen LogP contribution in [0.3, 0.4) is 0 Å². The lowest BCUT2D eigenvalue weighted by molar-refractivity contribution is -0.127. The Bertz CT molecular complexity index is 751. The Kier molecular flexibility index (Phi) is 8.27. The van der Waals surface area contributed by atoms with E-state index in [1.54, 1.807) is 26.2 Å². The summed E-state index contributed by atoms with van der Waals surface area (Å²) in [4.78, 5) is 12.3. The SMILES string of the molecule is CCCCOc1ccc(CNC(=O)C(C)Oc2ccccc2Cl)cc1OC. The van der Waals surface area contributed by atoms with Crippen LogP contribution >= 0.6 is 11.6 Å². The molecule has 6 heteroatoms. The van der Waals surface area contributed by atoms with E-state index >= 15 is 0 Å². The highest BCUT2D eigenvalue weighted by atomic mass is 35.5. The highest BCUT2D eigenvalue weighted by Crippen LogP contribution is 2.28. The highest BCUT2D eigenvalue weighted by molar-refractivity contribution is 6.32. The number of rotatable bonds is 10. The molecule has 0 bridgehead atoms. The van der Waals surface area contributed by atoms with Crippen LogP contribution in [-0.2, 0) is 11.3 Å². The molecule has 1 atom stereocenters. The lowest BCUT2D eigenvalue weighted by atomic mass is 10.2. The largest absolute Gasteiger partial charge is 0.493 e. The molecule has 0 saturated carbocycles. The molecule has 1 unspecified atom stereocenters. The molecule has 0 spiro atoms. The summed E-state index contributed by atoms with van der Waals surface area (Å²) in [7, 11) is 1.60. The second-order valence-electron chi connectivity index (χ2n) is 6.10. The predicted molar refractivity (Wildman–Crippen MR) is 107 cm³/mol. The first-order chi connectivity index (χ1) is 13.0. The topological polar surface area (TPSA) is 56.8 Å². The van der Waals surface area contributed by atoms with Crippen molar-refractivity contribution < 1.29 is 19.0 Å². The number of halogens is 1. The minimum absolute atomic E-state index is 0.225. The van der Waals surface area contributed by atoms with Crippen LogP contribution in [0.1, 0.15) is 32.3 Å². The van der Waals surface area contributed by atoms with Crippen molar-refractivity contribution in [1.82, 2.24) is 5.32 Å². The Hall–Kier alpha value is -2.40. The fourth-order valence-corrected chi connectivity index (χ4v) is 2.57. The second-order valence-corrected chi connectivity index (χ2v) is 6.50. The molecule has 0 radical (unpaired) electrons. The van der Waals surface area contributed by atoms with Gasteiger partial charge in [-0.3, -0.25) is 4.79 Å². The second kappa shape index (κ2) is 10.7. The third-order valence-corrected chi connectivity index (χ3v) is 4.27. The number of unbranched alkanes of at least 4 members (excludes halogenated alkanes) is 1. The summed E-state index contributed by atoms with van der Waals surface area (Å²) in [5, 5.41) is 3.33. The third kappa shape index (κ3) is 6.36. The first kappa shape index (κ1) is 20.9. The van der Waals surface area contributed by atoms with Gasteiger partial charge in [0.05, 0.1) is 18.7 Å². The normalized spacial score (nSPS) is 11.6. The zero-order valence-electron chi connectivity index (χ0n) is 16.0. The third-order valence-electron chi connectivity index (χ3n) is 3.96. The first-order valence-electron chi connectivity index (χ1n) is 9.03. The van der Waals surface area contributed by atoms with Gasteiger partial charge in [-0.25, -0.2) is 0 Å². The van der Waals surface area contributed by atoms with E-state index in [2.05, 4.69) is 12.2 Å². The van der Waals surface area contributed by atoms with Crippen molar-refractivity contribution in [2.24, 2.45) is 0 Å². The van der Waals surface area contributed by atoms with Crippen molar-refractivity contribution in [1.29, 1.82) is 0 Å². The molecule has 5 nitrogen and oxygen atoms in total. The van der Waals surface area contributed by atoms with E-state index in [9.17, 15) is 4.79 Å². The van der Waals surface area contributed by atoms with Crippen molar-refractivity contribution >= 4 is 17.5 Å². The van der Waals surface area contributed by atoms with Gasteiger partial charge in [0.25, 0.3) is 5.91 Å². The standard InChI is InChI=1S/C21H26ClNO4/c1-4-5-12-26-19-11-10-16(13-20(19)25-3)14-23-21(24)15(2)27-18-9-7-6-8-17(18)22/h6-11,13,15H,4-5,12,14H2,1-3H3,(H,23,24). The number of hydrogen-bond donors (Lipinski definition) is 1. The number of amides is 1. The summed E-state index contributed by atoms with van der Waals surface area (Å²) in [5.41, 5.74) is 0.910. The maximum atomic E-state index is 12.3. The van der Waals surface area contributed by atoms with Gasteiger partial charge >= 0.3 is 0 Å². The molecule has 1 N–H and O–H groups in total. The van der Waals surface area contributed by atoms with Crippen LogP contribution in [0.5, 0.6) is 17.2 Å². The Morgan fingerprint density at radius 1 is 1.15 bits per heavy atom. The maximum Gasteiger partial charge on any atom is 0.261 e. The van der Waals surface area contributed by atoms with Crippen LogP contribution in [0, 0.1) is 0 Å². The van der Waals surface area contributed by atoms with E-state index in [1.807, 2.05) is 30.3 Å². The number of carbonyl (C=O) groups is 1. The van der Waals surface area contributed by atoms with Crippen LogP contribution in [0.4, 0.5) is 0 Å². The zero-order valence-corrected chi connectivity index (χ0v) is 16.7. The van der Waals surface area contributed by atoms with E-state index in [1.165, 1.54) is 0 Å². The number of hydrogen-bond acceptors (Lipinski definition) is 4. The number of nitrogens with one attached hydrogen (secondary N) is 1. The molecule has 1 amide bonds. The minimum atomic E-state index is -0.663. The van der Waals surface area contributed by atoms with E-state index < -0.39 is 6.10 Å². The van der Waals surface area contributed by atoms with E-state index in [-0.39, 0.29) is 5.91 Å². The average Bonchev–Trinajstić information content (AvgIpc) is 2.68. The highest BCUT2D eigenvalue weighted by Gasteiger charge is 2.16. The summed E-state index contributed by atoms with van der Waals surface area (Å²) in [5.74, 6) is 1.61. The van der Waals surface area contributed by atoms with Crippen LogP contribution in [-0.4, -0.2) is 25.7 Å². The molecule has 0 saturated heterocycles. The number of para-hydroxylation sites is 1. The van der Waals surface area contributed by atoms with Gasteiger partial charge in [0.2, 0.25) is 0 Å². The Labute approximate surface area is 165 Å². The maximum absolute atomic E-state index is 12.3. The lowest BCUT2D eigenvalue weighted by Gasteiger charge is -2.16. The van der Waals surface area contributed by atoms with Crippen LogP contribution in [0.15, 0.2) is 42.5 Å². The summed E-state index contributed by atoms with van der Waals surface area (Å²) in [6.07, 6.45) is 1.40. The molecule has 2 aromatic rings. The molecule has 2 rings (SSSR count). The molecule has 2 aromatic carbocycles. The molecule has 27 heavy (non-hydrogen) atoms. The molecular formula is C21H26ClNO4. The van der Waals surface area contributed by atoms with Gasteiger partial charge in [0, 0.05) is 6.54 Å². The van der Waals surface area contributed by atoms with Gasteiger partial charge in [-0.05, 0) is 43.2 Å². The Morgan fingerprint density at radius 2 is 1.93 bits per heavy atom. The number of benzene rings is 2. The van der Waals surface area contributed by atoms with Crippen LogP contribution < -0.4 is 19.5 Å². The van der Waals surface area contributed by atoms with Crippen molar-refractivity contribution in [2.75, 3.05) is 13.7 Å². The molecule has 0 fully saturated rings. The molecule has 0 heterocycles. The Balaban J connectivity index is 1.91. The molecule has 146 valence electrons. The fourth-order valence-electron chi connectivity index (χ4n) is 2.38. The van der Waals surface area contributed by atoms with Crippen LogP contribution in [0.2, 0.25) is 5.02 Å². The Morgan fingerprint density at radius 3 is 2.63 bits per heavy atom. The quantitative estimate of drug-likeness (QED) is 0.601. The number of methoxy groups -OCH3 is 1. The zero-order chi connectivity index (χ0) is 19.6. The molecular weight excluding hydrogens is 366 g/mol. The van der Waals surface area contributed by atoms with Gasteiger partial charge < -0.3 is 19.5 Å². The van der Waals surface area contributed by atoms with Gasteiger partial charge in [-0.2, -0.15) is 0 Å². The monoisotopic (exact) mass is 391 g/mol. The number of carbonyl (C=O) groups excluding carboxylic acids is 1. The van der Waals surface area contributed by atoms with Crippen molar-refractivity contribution in [3.05, 3.63) is 53.1 Å². The summed E-state index contributed by atoms with van der Waals surface area (Å²) >= 11 is 6.06. The minimum Gasteiger partial charge on any atom is -0.493 e. The van der Waals surface area contributed by atoms with Gasteiger partial charge in [-0.1, -0.05) is 43.1 Å². The van der Waals surface area contributed by atoms with E-state index in [0.29, 0.717) is 35.4 Å². The summed E-state index contributed by atoms with van der Waals surface area (Å²) in [6.45, 7) is 4.81. The lowest BCUT2D eigenvalue weighted by Crippen LogP contribution is -2.35. The van der Waals surface area contributed by atoms with E-state index in [4.69, 9.17) is 25.8 Å². The number of ether oxygens (including phenoxy) is 3. The first-order valence-corrected chi connectivity index (χ1v) is 9.41. The van der Waals surface area contributed by atoms with Crippen molar-refractivity contribution in [3.8, 4) is 17.2 Å². The van der Waals surface area contributed by atoms with Gasteiger partial charge in [-0.15, -0.1) is 0 Å². The van der Waals surface area contributed by atoms with Crippen LogP contribution in [0.25, 0.3) is 0 Å². The van der Waals surface area contributed by atoms with Crippen molar-refractivity contribution in [3.63, 3.8) is 0 Å². The van der Waals surface area contributed by atoms with Gasteiger partial charge in [0.15, 0.2) is 17.6 Å². The average molecular weight is 392 g/mol. The fraction of sp³-hybridized carbons (Fsp3) is 0.381. The molecule has 0 aliphatic rings. The van der Waals surface area contributed by atoms with Crippen molar-refractivity contribution in [2.45, 2.75) is 39.3 Å². The molecule has 0 aliphatic heterocycles. The molecule has 0 aliphatic carbocycles. The molecule has 0 aromatic heterocycles. The van der Waals surface area contributed by atoms with Gasteiger partial charge in [0.1, 0.15) is 5.75 Å². The summed E-state index contributed by atoms with van der Waals surface area (Å²) in [6, 6.07) is 12.7. The predicted octanol–water partition coefficient (Wildman–Crippen LogP) is 4.61. The van der Waals surface area contributed by atoms with E-state index in [0.717, 1.165) is 18.4 Å². The summed E-state index contributed by atoms with van der Waals surface area (Å²) < 4.78 is 16.7. The smallest absolute Gasteiger partial charge is 0.261 e.